The molecule has 0 spiro atoms. The van der Waals surface area contributed by atoms with E-state index in [2.05, 4.69) is 16.8 Å². The minimum Gasteiger partial charge on any atom is -0.345 e. The van der Waals surface area contributed by atoms with Crippen LogP contribution in [-0.2, 0) is 11.2 Å². The summed E-state index contributed by atoms with van der Waals surface area (Å²) in [5, 5.41) is 1.10. The Hall–Kier alpha value is -0.560. The van der Waals surface area contributed by atoms with Crippen LogP contribution in [0.5, 0.6) is 0 Å². The molecule has 23 heavy (non-hydrogen) atoms. The van der Waals surface area contributed by atoms with E-state index in [0.29, 0.717) is 5.91 Å². The molecule has 2 unspecified atom stereocenters. The molecule has 2 fully saturated rings. The molecule has 1 aromatic rings. The molecular formula is C15H26Cl2N4OS. The zero-order valence-electron chi connectivity index (χ0n) is 13.4. The molecule has 0 bridgehead atoms. The van der Waals surface area contributed by atoms with Crippen LogP contribution in [0.15, 0.2) is 6.20 Å². The summed E-state index contributed by atoms with van der Waals surface area (Å²) in [6.07, 6.45) is 5.84. The predicted molar refractivity (Wildman–Crippen MR) is 100 cm³/mol. The van der Waals surface area contributed by atoms with Crippen LogP contribution in [0, 0.1) is 5.92 Å². The van der Waals surface area contributed by atoms with Gasteiger partial charge in [-0.2, -0.15) is 0 Å². The first kappa shape index (κ1) is 20.5. The van der Waals surface area contributed by atoms with Gasteiger partial charge in [0.05, 0.1) is 0 Å². The lowest BCUT2D eigenvalue weighted by atomic mass is 10.1. The molecule has 5 nitrogen and oxygen atoms in total. The highest BCUT2D eigenvalue weighted by Crippen LogP contribution is 2.28. The van der Waals surface area contributed by atoms with E-state index in [1.54, 1.807) is 11.3 Å². The van der Waals surface area contributed by atoms with Crippen LogP contribution < -0.4 is 10.6 Å². The van der Waals surface area contributed by atoms with Gasteiger partial charge in [-0.3, -0.25) is 4.79 Å². The molecule has 2 heterocycles. The van der Waals surface area contributed by atoms with Gasteiger partial charge in [0.15, 0.2) is 5.13 Å². The molecule has 1 aliphatic carbocycles. The fraction of sp³-hybridized carbons (Fsp3) is 0.733. The third-order valence-electron chi connectivity index (χ3n) is 4.57. The largest absolute Gasteiger partial charge is 0.345 e. The van der Waals surface area contributed by atoms with Crippen molar-refractivity contribution in [2.24, 2.45) is 11.7 Å². The van der Waals surface area contributed by atoms with E-state index in [4.69, 9.17) is 5.73 Å². The molecule has 2 N–H and O–H groups in total. The molecule has 1 aromatic heterocycles. The van der Waals surface area contributed by atoms with Gasteiger partial charge in [0.25, 0.3) is 0 Å². The topological polar surface area (TPSA) is 62.5 Å². The number of nitrogens with two attached hydrogens (primary N) is 1. The average Bonchev–Trinajstić information content (AvgIpc) is 3.15. The summed E-state index contributed by atoms with van der Waals surface area (Å²) < 4.78 is 0. The molecule has 8 heteroatoms. The SMILES string of the molecule is CCc1cnc(N2CCN(C(=O)C3CCC(N)C3)CC2)s1.Cl.Cl. The fourth-order valence-electron chi connectivity index (χ4n) is 3.22. The second-order valence-electron chi connectivity index (χ2n) is 6.05. The Kier molecular flexibility index (Phi) is 8.07. The number of hydrogen-bond donors (Lipinski definition) is 1. The van der Waals surface area contributed by atoms with Gasteiger partial charge in [0, 0.05) is 49.2 Å². The van der Waals surface area contributed by atoms with Gasteiger partial charge in [0.2, 0.25) is 5.91 Å². The third kappa shape index (κ3) is 4.72. The van der Waals surface area contributed by atoms with Crippen molar-refractivity contribution in [2.75, 3.05) is 31.1 Å². The Balaban J connectivity index is 0.00000132. The Bertz CT molecular complexity index is 505. The lowest BCUT2D eigenvalue weighted by Crippen LogP contribution is -2.50. The number of aryl methyl sites for hydroxylation is 1. The number of halogens is 2. The van der Waals surface area contributed by atoms with Crippen molar-refractivity contribution in [2.45, 2.75) is 38.6 Å². The molecule has 1 saturated heterocycles. The molecule has 1 amide bonds. The van der Waals surface area contributed by atoms with Gasteiger partial charge in [-0.05, 0) is 25.7 Å². The summed E-state index contributed by atoms with van der Waals surface area (Å²) in [4.78, 5) is 22.6. The molecule has 0 aromatic carbocycles. The van der Waals surface area contributed by atoms with Crippen molar-refractivity contribution in [3.8, 4) is 0 Å². The van der Waals surface area contributed by atoms with E-state index in [-0.39, 0.29) is 36.8 Å². The monoisotopic (exact) mass is 380 g/mol. The van der Waals surface area contributed by atoms with Crippen LogP contribution in [0.25, 0.3) is 0 Å². The van der Waals surface area contributed by atoms with Crippen LogP contribution in [-0.4, -0.2) is 48.0 Å². The summed E-state index contributed by atoms with van der Waals surface area (Å²) in [5.41, 5.74) is 5.92. The van der Waals surface area contributed by atoms with Gasteiger partial charge >= 0.3 is 0 Å². The van der Waals surface area contributed by atoms with E-state index in [1.807, 2.05) is 11.1 Å². The first-order valence-electron chi connectivity index (χ1n) is 7.91. The van der Waals surface area contributed by atoms with Crippen molar-refractivity contribution < 1.29 is 4.79 Å². The smallest absolute Gasteiger partial charge is 0.225 e. The standard InChI is InChI=1S/C15H24N4OS.2ClH/c1-2-13-10-17-15(21-13)19-7-5-18(6-8-19)14(20)11-3-4-12(16)9-11;;/h10-12H,2-9,16H2,1H3;2*1H. The minimum absolute atomic E-state index is 0. The Morgan fingerprint density at radius 2 is 2.00 bits per heavy atom. The second-order valence-corrected chi connectivity index (χ2v) is 7.14. The number of hydrogen-bond acceptors (Lipinski definition) is 5. The van der Waals surface area contributed by atoms with Crippen LogP contribution >= 0.6 is 36.2 Å². The van der Waals surface area contributed by atoms with Crippen LogP contribution in [0.1, 0.15) is 31.1 Å². The van der Waals surface area contributed by atoms with E-state index < -0.39 is 0 Å². The maximum atomic E-state index is 12.5. The summed E-state index contributed by atoms with van der Waals surface area (Å²) in [5.74, 6) is 0.481. The van der Waals surface area contributed by atoms with Crippen molar-refractivity contribution in [1.82, 2.24) is 9.88 Å². The highest BCUT2D eigenvalue weighted by atomic mass is 35.5. The first-order chi connectivity index (χ1) is 10.2. The highest BCUT2D eigenvalue weighted by molar-refractivity contribution is 7.15. The zero-order chi connectivity index (χ0) is 14.8. The van der Waals surface area contributed by atoms with E-state index in [1.165, 1.54) is 4.88 Å². The molecule has 1 saturated carbocycles. The van der Waals surface area contributed by atoms with Gasteiger partial charge in [-0.25, -0.2) is 4.98 Å². The van der Waals surface area contributed by atoms with Gasteiger partial charge in [0.1, 0.15) is 0 Å². The van der Waals surface area contributed by atoms with Crippen LogP contribution in [0.2, 0.25) is 0 Å². The Morgan fingerprint density at radius 3 is 2.52 bits per heavy atom. The van der Waals surface area contributed by atoms with Crippen LogP contribution in [0.4, 0.5) is 5.13 Å². The summed E-state index contributed by atoms with van der Waals surface area (Å²) in [6.45, 7) is 5.56. The van der Waals surface area contributed by atoms with Crippen molar-refractivity contribution in [3.63, 3.8) is 0 Å². The summed E-state index contributed by atoms with van der Waals surface area (Å²) in [6, 6.07) is 0.225. The maximum absolute atomic E-state index is 12.5. The van der Waals surface area contributed by atoms with Crippen LogP contribution in [0.3, 0.4) is 0 Å². The van der Waals surface area contributed by atoms with Gasteiger partial charge in [-0.1, -0.05) is 6.92 Å². The predicted octanol–water partition coefficient (Wildman–Crippen LogP) is 2.33. The lowest BCUT2D eigenvalue weighted by Gasteiger charge is -2.35. The average molecular weight is 381 g/mol. The normalized spacial score (nSPS) is 24.1. The van der Waals surface area contributed by atoms with E-state index >= 15 is 0 Å². The number of anilines is 1. The molecule has 132 valence electrons. The number of rotatable bonds is 3. The quantitative estimate of drug-likeness (QED) is 0.873. The zero-order valence-corrected chi connectivity index (χ0v) is 15.9. The van der Waals surface area contributed by atoms with E-state index in [0.717, 1.165) is 57.0 Å². The van der Waals surface area contributed by atoms with Gasteiger partial charge < -0.3 is 15.5 Å². The van der Waals surface area contributed by atoms with Crippen molar-refractivity contribution in [3.05, 3.63) is 11.1 Å². The summed E-state index contributed by atoms with van der Waals surface area (Å²) in [7, 11) is 0. The number of piperazine rings is 1. The number of aromatic nitrogens is 1. The molecular weight excluding hydrogens is 355 g/mol. The Morgan fingerprint density at radius 1 is 1.30 bits per heavy atom. The molecule has 2 atom stereocenters. The lowest BCUT2D eigenvalue weighted by molar-refractivity contribution is -0.135. The van der Waals surface area contributed by atoms with Crippen molar-refractivity contribution in [1.29, 1.82) is 0 Å². The molecule has 3 rings (SSSR count). The maximum Gasteiger partial charge on any atom is 0.225 e. The number of nitrogens with zero attached hydrogens (tertiary/aromatic N) is 3. The van der Waals surface area contributed by atoms with E-state index in [9.17, 15) is 4.79 Å². The molecule has 2 aliphatic rings. The summed E-state index contributed by atoms with van der Waals surface area (Å²) >= 11 is 1.77. The highest BCUT2D eigenvalue weighted by Gasteiger charge is 2.32. The number of carbonyl (C=O) groups is 1. The minimum atomic E-state index is 0. The van der Waals surface area contributed by atoms with Crippen molar-refractivity contribution >= 4 is 47.2 Å². The third-order valence-corrected chi connectivity index (χ3v) is 5.78. The number of thiazole rings is 1. The second kappa shape index (κ2) is 9.06. The first-order valence-corrected chi connectivity index (χ1v) is 8.73. The Labute approximate surface area is 154 Å². The molecule has 0 radical (unpaired) electrons. The fourth-order valence-corrected chi connectivity index (χ4v) is 4.13. The van der Waals surface area contributed by atoms with Gasteiger partial charge in [-0.15, -0.1) is 36.2 Å². The molecule has 1 aliphatic heterocycles. The number of amides is 1. The number of carbonyl (C=O) groups excluding carboxylic acids is 1.